The number of nitrogens with one attached hydrogen (secondary N) is 2. The summed E-state index contributed by atoms with van der Waals surface area (Å²) in [6, 6.07) is 0.172. The second kappa shape index (κ2) is 4.13. The van der Waals surface area contributed by atoms with Crippen LogP contribution in [0.25, 0.3) is 0 Å². The molecule has 1 aliphatic heterocycles. The van der Waals surface area contributed by atoms with Crippen molar-refractivity contribution in [2.45, 2.75) is 6.04 Å². The first-order valence-corrected chi connectivity index (χ1v) is 4.75. The minimum absolute atomic E-state index is 0.184. The van der Waals surface area contributed by atoms with Crippen molar-refractivity contribution in [1.29, 1.82) is 0 Å². The van der Waals surface area contributed by atoms with Crippen molar-refractivity contribution < 1.29 is 18.0 Å². The molecule has 1 unspecified atom stereocenters. The second-order valence-electron chi connectivity index (χ2n) is 3.47. The zero-order valence-electron chi connectivity index (χ0n) is 8.19. The highest BCUT2D eigenvalue weighted by molar-refractivity contribution is 5.83. The number of hydrogen-bond acceptors (Lipinski definition) is 2. The maximum Gasteiger partial charge on any atom is 0.241 e. The fourth-order valence-electron chi connectivity index (χ4n) is 1.61. The molecule has 0 saturated carbocycles. The predicted octanol–water partition coefficient (Wildman–Crippen LogP) is 0.864. The van der Waals surface area contributed by atoms with Gasteiger partial charge < -0.3 is 10.6 Å². The summed E-state index contributed by atoms with van der Waals surface area (Å²) < 4.78 is 39.0. The van der Waals surface area contributed by atoms with Gasteiger partial charge in [0.25, 0.3) is 0 Å². The van der Waals surface area contributed by atoms with Gasteiger partial charge in [0.15, 0.2) is 11.6 Å². The molecule has 0 aliphatic carbocycles. The lowest BCUT2D eigenvalue weighted by Crippen LogP contribution is -2.47. The largest absolute Gasteiger partial charge is 0.353 e. The van der Waals surface area contributed by atoms with Gasteiger partial charge in [-0.05, 0) is 6.07 Å². The van der Waals surface area contributed by atoms with Crippen molar-refractivity contribution in [3.63, 3.8) is 0 Å². The summed E-state index contributed by atoms with van der Waals surface area (Å²) in [4.78, 5) is 11.4. The molecule has 1 aliphatic rings. The van der Waals surface area contributed by atoms with Gasteiger partial charge in [-0.25, -0.2) is 13.2 Å². The Bertz CT molecular complexity index is 436. The number of hydrogen-bond donors (Lipinski definition) is 2. The number of benzene rings is 1. The fraction of sp³-hybridized carbons (Fsp3) is 0.300. The summed E-state index contributed by atoms with van der Waals surface area (Å²) in [6.07, 6.45) is 0. The van der Waals surface area contributed by atoms with Crippen LogP contribution in [0.5, 0.6) is 0 Å². The van der Waals surface area contributed by atoms with Gasteiger partial charge in [-0.15, -0.1) is 0 Å². The first-order valence-electron chi connectivity index (χ1n) is 4.75. The van der Waals surface area contributed by atoms with Gasteiger partial charge in [0.2, 0.25) is 5.91 Å². The van der Waals surface area contributed by atoms with Gasteiger partial charge in [0.05, 0.1) is 0 Å². The molecule has 3 nitrogen and oxygen atoms in total. The molecule has 6 heteroatoms. The lowest BCUT2D eigenvalue weighted by Gasteiger charge is -2.24. The standard InChI is InChI=1S/C10H9F3N2O/c11-6-4-8(13)7(12)3-5(6)9-10(16)15-2-1-14-9/h3-4,9,14H,1-2H2,(H,15,16). The van der Waals surface area contributed by atoms with Crippen LogP contribution in [0.15, 0.2) is 12.1 Å². The van der Waals surface area contributed by atoms with E-state index in [-0.39, 0.29) is 5.56 Å². The Morgan fingerprint density at radius 1 is 1.06 bits per heavy atom. The molecule has 1 heterocycles. The summed E-state index contributed by atoms with van der Waals surface area (Å²) in [5.41, 5.74) is -0.184. The number of rotatable bonds is 1. The number of carbonyl (C=O) groups is 1. The number of halogens is 3. The second-order valence-corrected chi connectivity index (χ2v) is 3.47. The Morgan fingerprint density at radius 3 is 2.44 bits per heavy atom. The van der Waals surface area contributed by atoms with Crippen LogP contribution in [0.2, 0.25) is 0 Å². The van der Waals surface area contributed by atoms with E-state index in [1.807, 2.05) is 0 Å². The van der Waals surface area contributed by atoms with E-state index in [1.54, 1.807) is 0 Å². The minimum atomic E-state index is -1.27. The van der Waals surface area contributed by atoms with E-state index >= 15 is 0 Å². The maximum absolute atomic E-state index is 13.4. The van der Waals surface area contributed by atoms with Crippen LogP contribution in [0.3, 0.4) is 0 Å². The molecule has 1 aromatic carbocycles. The molecule has 1 atom stereocenters. The molecule has 0 spiro atoms. The van der Waals surface area contributed by atoms with Crippen LogP contribution < -0.4 is 10.6 Å². The molecule has 86 valence electrons. The quantitative estimate of drug-likeness (QED) is 0.703. The van der Waals surface area contributed by atoms with Gasteiger partial charge in [-0.3, -0.25) is 4.79 Å². The van der Waals surface area contributed by atoms with E-state index in [0.717, 1.165) is 0 Å². The molecule has 0 aromatic heterocycles. The molecule has 1 amide bonds. The zero-order valence-corrected chi connectivity index (χ0v) is 8.19. The summed E-state index contributed by atoms with van der Waals surface area (Å²) in [6.45, 7) is 0.884. The normalized spacial score (nSPS) is 20.7. The van der Waals surface area contributed by atoms with Crippen LogP contribution in [0.1, 0.15) is 11.6 Å². The Balaban J connectivity index is 2.39. The van der Waals surface area contributed by atoms with Crippen molar-refractivity contribution >= 4 is 5.91 Å². The van der Waals surface area contributed by atoms with Gasteiger partial charge >= 0.3 is 0 Å². The molecule has 0 bridgehead atoms. The Kier molecular flexibility index (Phi) is 2.82. The van der Waals surface area contributed by atoms with E-state index < -0.39 is 29.4 Å². The Morgan fingerprint density at radius 2 is 1.75 bits per heavy atom. The number of carbonyl (C=O) groups excluding carboxylic acids is 1. The van der Waals surface area contributed by atoms with E-state index in [9.17, 15) is 18.0 Å². The Hall–Kier alpha value is -1.56. The summed E-state index contributed by atoms with van der Waals surface area (Å²) >= 11 is 0. The zero-order chi connectivity index (χ0) is 11.7. The Labute approximate surface area is 89.6 Å². The van der Waals surface area contributed by atoms with Crippen molar-refractivity contribution in [2.24, 2.45) is 0 Å². The van der Waals surface area contributed by atoms with Crippen molar-refractivity contribution in [3.05, 3.63) is 35.1 Å². The van der Waals surface area contributed by atoms with Crippen LogP contribution in [0.4, 0.5) is 13.2 Å². The summed E-state index contributed by atoms with van der Waals surface area (Å²) in [5.74, 6) is -3.82. The lowest BCUT2D eigenvalue weighted by atomic mass is 10.0. The SMILES string of the molecule is O=C1NCCNC1c1cc(F)c(F)cc1F. The molecular formula is C10H9F3N2O. The van der Waals surface area contributed by atoms with Crippen LogP contribution in [0, 0.1) is 17.5 Å². The van der Waals surface area contributed by atoms with Crippen LogP contribution in [-0.4, -0.2) is 19.0 Å². The highest BCUT2D eigenvalue weighted by atomic mass is 19.2. The molecule has 2 N–H and O–H groups in total. The number of amides is 1. The molecule has 0 radical (unpaired) electrons. The first kappa shape index (κ1) is 10.9. The predicted molar refractivity (Wildman–Crippen MR) is 50.1 cm³/mol. The summed E-state index contributed by atoms with van der Waals surface area (Å²) in [7, 11) is 0. The highest BCUT2D eigenvalue weighted by Gasteiger charge is 2.27. The average Bonchev–Trinajstić information content (AvgIpc) is 2.25. The smallest absolute Gasteiger partial charge is 0.241 e. The van der Waals surface area contributed by atoms with E-state index in [4.69, 9.17) is 0 Å². The molecular weight excluding hydrogens is 221 g/mol. The summed E-state index contributed by atoms with van der Waals surface area (Å²) in [5, 5.41) is 5.24. The van der Waals surface area contributed by atoms with Crippen LogP contribution in [-0.2, 0) is 4.79 Å². The minimum Gasteiger partial charge on any atom is -0.353 e. The molecule has 16 heavy (non-hydrogen) atoms. The van der Waals surface area contributed by atoms with Gasteiger partial charge in [-0.1, -0.05) is 0 Å². The molecule has 1 fully saturated rings. The first-order chi connectivity index (χ1) is 7.59. The van der Waals surface area contributed by atoms with Crippen molar-refractivity contribution in [1.82, 2.24) is 10.6 Å². The maximum atomic E-state index is 13.4. The molecule has 2 rings (SSSR count). The van der Waals surface area contributed by atoms with E-state index in [2.05, 4.69) is 10.6 Å². The van der Waals surface area contributed by atoms with Crippen molar-refractivity contribution in [3.8, 4) is 0 Å². The van der Waals surface area contributed by atoms with Crippen LogP contribution >= 0.6 is 0 Å². The van der Waals surface area contributed by atoms with Gasteiger partial charge in [0, 0.05) is 24.7 Å². The topological polar surface area (TPSA) is 41.1 Å². The third kappa shape index (κ3) is 1.88. The van der Waals surface area contributed by atoms with E-state index in [1.165, 1.54) is 0 Å². The fourth-order valence-corrected chi connectivity index (χ4v) is 1.61. The molecule has 1 saturated heterocycles. The van der Waals surface area contributed by atoms with Gasteiger partial charge in [-0.2, -0.15) is 0 Å². The van der Waals surface area contributed by atoms with Crippen molar-refractivity contribution in [2.75, 3.05) is 13.1 Å². The lowest BCUT2D eigenvalue weighted by molar-refractivity contribution is -0.124. The number of piperazine rings is 1. The monoisotopic (exact) mass is 230 g/mol. The average molecular weight is 230 g/mol. The third-order valence-corrected chi connectivity index (χ3v) is 2.39. The highest BCUT2D eigenvalue weighted by Crippen LogP contribution is 2.21. The third-order valence-electron chi connectivity index (χ3n) is 2.39. The van der Waals surface area contributed by atoms with Gasteiger partial charge in [0.1, 0.15) is 11.9 Å². The molecule has 1 aromatic rings. The van der Waals surface area contributed by atoms with E-state index in [0.29, 0.717) is 25.2 Å².